The lowest BCUT2D eigenvalue weighted by atomic mass is 10.1. The number of hydrogen-bond acceptors (Lipinski definition) is 1. The van der Waals surface area contributed by atoms with E-state index in [2.05, 4.69) is 0 Å². The molecule has 0 aromatic heterocycles. The van der Waals surface area contributed by atoms with Crippen molar-refractivity contribution in [2.75, 3.05) is 0 Å². The molecule has 3 N–H and O–H groups in total. The second-order valence-corrected chi connectivity index (χ2v) is 3.38. The summed E-state index contributed by atoms with van der Waals surface area (Å²) in [7, 11) is 0. The Hall–Kier alpha value is -1.02. The van der Waals surface area contributed by atoms with E-state index in [1.807, 2.05) is 24.3 Å². The molecule has 0 saturated heterocycles. The van der Waals surface area contributed by atoms with Crippen LogP contribution in [0.1, 0.15) is 18.4 Å². The summed E-state index contributed by atoms with van der Waals surface area (Å²) in [5.74, 6) is 0.243. The first kappa shape index (κ1) is 10.1. The summed E-state index contributed by atoms with van der Waals surface area (Å²) in [6.45, 7) is 0. The largest absolute Gasteiger partial charge is 0.388 e. The molecule has 0 fully saturated rings. The van der Waals surface area contributed by atoms with Crippen LogP contribution in [-0.4, -0.2) is 5.84 Å². The quantitative estimate of drug-likeness (QED) is 0.565. The average Bonchev–Trinajstić information content (AvgIpc) is 2.08. The second kappa shape index (κ2) is 4.87. The Bertz CT molecular complexity index is 297. The first-order chi connectivity index (χ1) is 6.20. The molecule has 0 aliphatic rings. The highest BCUT2D eigenvalue weighted by molar-refractivity contribution is 6.31. The molecule has 70 valence electrons. The summed E-state index contributed by atoms with van der Waals surface area (Å²) in [5, 5.41) is 7.86. The molecule has 0 amide bonds. The van der Waals surface area contributed by atoms with Crippen LogP contribution in [0.3, 0.4) is 0 Å². The minimum Gasteiger partial charge on any atom is -0.388 e. The molecule has 0 saturated carbocycles. The Morgan fingerprint density at radius 2 is 2.08 bits per heavy atom. The van der Waals surface area contributed by atoms with Crippen LogP contribution in [0, 0.1) is 5.41 Å². The molecular formula is C10H13ClN2. The maximum absolute atomic E-state index is 7.06. The fourth-order valence-electron chi connectivity index (χ4n) is 1.17. The van der Waals surface area contributed by atoms with Crippen LogP contribution in [0.15, 0.2) is 24.3 Å². The first-order valence-electron chi connectivity index (χ1n) is 4.26. The van der Waals surface area contributed by atoms with E-state index in [-0.39, 0.29) is 5.84 Å². The molecule has 1 aromatic carbocycles. The number of nitrogens with two attached hydrogens (primary N) is 1. The van der Waals surface area contributed by atoms with E-state index < -0.39 is 0 Å². The third kappa shape index (κ3) is 3.47. The topological polar surface area (TPSA) is 49.9 Å². The molecule has 0 radical (unpaired) electrons. The smallest absolute Gasteiger partial charge is 0.0905 e. The zero-order valence-corrected chi connectivity index (χ0v) is 8.14. The van der Waals surface area contributed by atoms with Crippen molar-refractivity contribution in [2.45, 2.75) is 19.3 Å². The van der Waals surface area contributed by atoms with Crippen LogP contribution in [0.2, 0.25) is 5.02 Å². The van der Waals surface area contributed by atoms with E-state index >= 15 is 0 Å². The van der Waals surface area contributed by atoms with Crippen molar-refractivity contribution < 1.29 is 0 Å². The summed E-state index contributed by atoms with van der Waals surface area (Å²) in [6, 6.07) is 7.76. The highest BCUT2D eigenvalue weighted by Gasteiger charge is 1.98. The Kier molecular flexibility index (Phi) is 3.77. The predicted molar refractivity (Wildman–Crippen MR) is 56.3 cm³/mol. The Morgan fingerprint density at radius 3 is 2.69 bits per heavy atom. The van der Waals surface area contributed by atoms with Gasteiger partial charge in [-0.1, -0.05) is 29.8 Å². The SMILES string of the molecule is N=C(N)CCCc1ccccc1Cl. The average molecular weight is 197 g/mol. The monoisotopic (exact) mass is 196 g/mol. The zero-order chi connectivity index (χ0) is 9.68. The van der Waals surface area contributed by atoms with Crippen molar-refractivity contribution in [1.29, 1.82) is 5.41 Å². The molecule has 0 bridgehead atoms. The van der Waals surface area contributed by atoms with Crippen LogP contribution in [0.25, 0.3) is 0 Å². The predicted octanol–water partition coefficient (Wildman–Crippen LogP) is 2.60. The minimum absolute atomic E-state index is 0.243. The van der Waals surface area contributed by atoms with Gasteiger partial charge in [0.1, 0.15) is 0 Å². The Labute approximate surface area is 83.2 Å². The van der Waals surface area contributed by atoms with Crippen LogP contribution in [-0.2, 0) is 6.42 Å². The number of halogens is 1. The second-order valence-electron chi connectivity index (χ2n) is 2.97. The van der Waals surface area contributed by atoms with Crippen molar-refractivity contribution in [3.05, 3.63) is 34.9 Å². The molecule has 0 aliphatic heterocycles. The van der Waals surface area contributed by atoms with Gasteiger partial charge in [-0.3, -0.25) is 5.41 Å². The molecule has 3 heteroatoms. The van der Waals surface area contributed by atoms with Gasteiger partial charge in [-0.15, -0.1) is 0 Å². The maximum atomic E-state index is 7.06. The summed E-state index contributed by atoms with van der Waals surface area (Å²) in [6.07, 6.45) is 2.42. The Morgan fingerprint density at radius 1 is 1.38 bits per heavy atom. The summed E-state index contributed by atoms with van der Waals surface area (Å²) >= 11 is 5.95. The molecular weight excluding hydrogens is 184 g/mol. The van der Waals surface area contributed by atoms with Gasteiger partial charge in [0.25, 0.3) is 0 Å². The zero-order valence-electron chi connectivity index (χ0n) is 7.39. The molecule has 0 atom stereocenters. The van der Waals surface area contributed by atoms with Crippen LogP contribution in [0.5, 0.6) is 0 Å². The van der Waals surface area contributed by atoms with Crippen LogP contribution >= 0.6 is 11.6 Å². The van der Waals surface area contributed by atoms with Gasteiger partial charge in [0.05, 0.1) is 5.84 Å². The van der Waals surface area contributed by atoms with Gasteiger partial charge >= 0.3 is 0 Å². The Balaban J connectivity index is 2.45. The van der Waals surface area contributed by atoms with Crippen molar-refractivity contribution in [1.82, 2.24) is 0 Å². The summed E-state index contributed by atoms with van der Waals surface area (Å²) in [5.41, 5.74) is 6.37. The lowest BCUT2D eigenvalue weighted by Crippen LogP contribution is -2.09. The van der Waals surface area contributed by atoms with Gasteiger partial charge in [-0.25, -0.2) is 0 Å². The molecule has 0 heterocycles. The van der Waals surface area contributed by atoms with E-state index in [4.69, 9.17) is 22.7 Å². The van der Waals surface area contributed by atoms with Gasteiger partial charge in [0.2, 0.25) is 0 Å². The van der Waals surface area contributed by atoms with Crippen molar-refractivity contribution in [3.8, 4) is 0 Å². The molecule has 0 spiro atoms. The first-order valence-corrected chi connectivity index (χ1v) is 4.64. The molecule has 2 nitrogen and oxygen atoms in total. The number of aryl methyl sites for hydroxylation is 1. The third-order valence-electron chi connectivity index (χ3n) is 1.85. The number of rotatable bonds is 4. The molecule has 0 unspecified atom stereocenters. The normalized spacial score (nSPS) is 9.92. The maximum Gasteiger partial charge on any atom is 0.0905 e. The van der Waals surface area contributed by atoms with E-state index in [1.54, 1.807) is 0 Å². The lowest BCUT2D eigenvalue weighted by molar-refractivity contribution is 0.857. The summed E-state index contributed by atoms with van der Waals surface area (Å²) < 4.78 is 0. The van der Waals surface area contributed by atoms with Crippen molar-refractivity contribution >= 4 is 17.4 Å². The molecule has 1 rings (SSSR count). The number of hydrogen-bond donors (Lipinski definition) is 2. The van der Waals surface area contributed by atoms with Crippen molar-refractivity contribution in [3.63, 3.8) is 0 Å². The van der Waals surface area contributed by atoms with Crippen molar-refractivity contribution in [2.24, 2.45) is 5.73 Å². The highest BCUT2D eigenvalue weighted by atomic mass is 35.5. The van der Waals surface area contributed by atoms with Gasteiger partial charge in [-0.05, 0) is 24.5 Å². The molecule has 13 heavy (non-hydrogen) atoms. The fraction of sp³-hybridized carbons (Fsp3) is 0.300. The standard InChI is InChI=1S/C10H13ClN2/c11-9-6-2-1-4-8(9)5-3-7-10(12)13/h1-2,4,6H,3,5,7H2,(H3,12,13). The van der Waals surface area contributed by atoms with Gasteiger partial charge in [0, 0.05) is 11.4 Å². The van der Waals surface area contributed by atoms with E-state index in [9.17, 15) is 0 Å². The minimum atomic E-state index is 0.243. The van der Waals surface area contributed by atoms with Crippen LogP contribution in [0.4, 0.5) is 0 Å². The third-order valence-corrected chi connectivity index (χ3v) is 2.22. The molecule has 1 aromatic rings. The number of amidine groups is 1. The number of benzene rings is 1. The van der Waals surface area contributed by atoms with Gasteiger partial charge < -0.3 is 5.73 Å². The number of nitrogens with one attached hydrogen (secondary N) is 1. The summed E-state index contributed by atoms with van der Waals surface area (Å²) in [4.78, 5) is 0. The van der Waals surface area contributed by atoms with E-state index in [1.165, 1.54) is 0 Å². The van der Waals surface area contributed by atoms with E-state index in [0.717, 1.165) is 23.4 Å². The highest BCUT2D eigenvalue weighted by Crippen LogP contribution is 2.16. The fourth-order valence-corrected chi connectivity index (χ4v) is 1.40. The lowest BCUT2D eigenvalue weighted by Gasteiger charge is -2.02. The van der Waals surface area contributed by atoms with Gasteiger partial charge in [0.15, 0.2) is 0 Å². The van der Waals surface area contributed by atoms with Gasteiger partial charge in [-0.2, -0.15) is 0 Å². The van der Waals surface area contributed by atoms with E-state index in [0.29, 0.717) is 6.42 Å². The van der Waals surface area contributed by atoms with Crippen LogP contribution < -0.4 is 5.73 Å². The molecule has 0 aliphatic carbocycles.